The van der Waals surface area contributed by atoms with Gasteiger partial charge in [-0.15, -0.1) is 0 Å². The quantitative estimate of drug-likeness (QED) is 0.346. The zero-order valence-corrected chi connectivity index (χ0v) is 20.8. The number of carboxylic acid groups (broad SMARTS) is 1. The van der Waals surface area contributed by atoms with Crippen LogP contribution in [0.3, 0.4) is 0 Å². The maximum absolute atomic E-state index is 15.0. The Morgan fingerprint density at radius 1 is 1.35 bits per heavy atom. The number of nitrogens with zero attached hydrogens (tertiary/aromatic N) is 4. The minimum atomic E-state index is -2.26. The van der Waals surface area contributed by atoms with E-state index in [4.69, 9.17) is 9.72 Å². The molecule has 8 nitrogen and oxygen atoms in total. The number of H-pyrrole nitrogens is 1. The van der Waals surface area contributed by atoms with Gasteiger partial charge >= 0.3 is 5.97 Å². The monoisotopic (exact) mass is 507 g/mol. The summed E-state index contributed by atoms with van der Waals surface area (Å²) < 4.78 is 36.6. The van der Waals surface area contributed by atoms with Crippen LogP contribution in [-0.4, -0.2) is 43.6 Å². The Labute approximate surface area is 211 Å². The maximum atomic E-state index is 15.0. The molecular weight excluding hydrogens is 480 g/mol. The van der Waals surface area contributed by atoms with Crippen LogP contribution in [0.25, 0.3) is 27.8 Å². The number of fused-ring (bicyclic) bond motifs is 2. The summed E-state index contributed by atoms with van der Waals surface area (Å²) in [6.45, 7) is 3.91. The molecule has 3 aromatic heterocycles. The van der Waals surface area contributed by atoms with Crippen molar-refractivity contribution in [2.24, 2.45) is 0 Å². The molecule has 0 radical (unpaired) electrons. The van der Waals surface area contributed by atoms with Crippen molar-refractivity contribution in [3.05, 3.63) is 47.5 Å². The van der Waals surface area contributed by atoms with Gasteiger partial charge in [-0.25, -0.2) is 18.6 Å². The molecule has 37 heavy (non-hydrogen) atoms. The van der Waals surface area contributed by atoms with E-state index in [2.05, 4.69) is 16.3 Å². The van der Waals surface area contributed by atoms with Gasteiger partial charge in [-0.3, -0.25) is 5.10 Å². The lowest BCUT2D eigenvalue weighted by atomic mass is 9.73. The van der Waals surface area contributed by atoms with Crippen molar-refractivity contribution in [1.82, 2.24) is 19.7 Å². The van der Waals surface area contributed by atoms with Crippen molar-refractivity contribution < 1.29 is 23.4 Å². The summed E-state index contributed by atoms with van der Waals surface area (Å²) in [5, 5.41) is 26.9. The molecule has 0 bridgehead atoms. The SMILES string of the molecule is COc1cc(-n2c(C(C)(C)CC#N)c(C3CCC(F)(C(=O)O)CC3)c3nc4[nH]ncc4cc32)ccc1F. The highest BCUT2D eigenvalue weighted by atomic mass is 19.1. The maximum Gasteiger partial charge on any atom is 0.341 e. The van der Waals surface area contributed by atoms with E-state index in [1.807, 2.05) is 24.5 Å². The van der Waals surface area contributed by atoms with Gasteiger partial charge in [-0.05, 0) is 49.8 Å². The van der Waals surface area contributed by atoms with Crippen LogP contribution < -0.4 is 4.74 Å². The van der Waals surface area contributed by atoms with Crippen LogP contribution in [0, 0.1) is 17.1 Å². The van der Waals surface area contributed by atoms with E-state index in [1.165, 1.54) is 13.2 Å². The first kappa shape index (κ1) is 24.7. The van der Waals surface area contributed by atoms with E-state index in [0.29, 0.717) is 29.7 Å². The average Bonchev–Trinajstić information content (AvgIpc) is 3.45. The van der Waals surface area contributed by atoms with Crippen LogP contribution in [0.15, 0.2) is 30.5 Å². The standard InChI is InChI=1S/C27H27F2N5O3/c1-26(2,10-11-30)23-21(15-6-8-27(29,9-7-15)25(35)36)22-19(12-16-14-31-33-24(16)32-22)34(23)17-4-5-18(28)20(13-17)37-3/h4-5,12-15H,6-10H2,1-3H3,(H,35,36)(H,31,32,33). The lowest BCUT2D eigenvalue weighted by molar-refractivity contribution is -0.153. The number of aromatic nitrogens is 4. The molecule has 192 valence electrons. The number of hydrogen-bond donors (Lipinski definition) is 2. The third-order valence-corrected chi connectivity index (χ3v) is 7.51. The fourth-order valence-corrected chi connectivity index (χ4v) is 5.56. The second-order valence-corrected chi connectivity index (χ2v) is 10.3. The number of methoxy groups -OCH3 is 1. The lowest BCUT2D eigenvalue weighted by Gasteiger charge is -2.33. The first-order valence-corrected chi connectivity index (χ1v) is 12.1. The number of halogens is 2. The van der Waals surface area contributed by atoms with Gasteiger partial charge in [-0.2, -0.15) is 10.4 Å². The largest absolute Gasteiger partial charge is 0.494 e. The number of hydrogen-bond acceptors (Lipinski definition) is 5. The summed E-state index contributed by atoms with van der Waals surface area (Å²) >= 11 is 0. The Morgan fingerprint density at radius 2 is 2.08 bits per heavy atom. The second kappa shape index (κ2) is 8.83. The van der Waals surface area contributed by atoms with Gasteiger partial charge in [0.05, 0.1) is 30.4 Å². The molecule has 3 heterocycles. The van der Waals surface area contributed by atoms with Crippen molar-refractivity contribution in [3.8, 4) is 17.5 Å². The number of pyridine rings is 1. The zero-order chi connectivity index (χ0) is 26.5. The highest BCUT2D eigenvalue weighted by molar-refractivity contribution is 5.94. The molecule has 0 saturated heterocycles. The number of carbonyl (C=O) groups is 1. The Balaban J connectivity index is 1.83. The highest BCUT2D eigenvalue weighted by Crippen LogP contribution is 2.48. The molecule has 1 saturated carbocycles. The molecule has 5 rings (SSSR count). The Kier molecular flexibility index (Phi) is 5.89. The normalized spacial score (nSPS) is 20.3. The molecule has 0 unspecified atom stereocenters. The molecule has 1 fully saturated rings. The van der Waals surface area contributed by atoms with Crippen molar-refractivity contribution >= 4 is 28.0 Å². The van der Waals surface area contributed by atoms with Gasteiger partial charge in [-0.1, -0.05) is 13.8 Å². The smallest absolute Gasteiger partial charge is 0.341 e. The Morgan fingerprint density at radius 3 is 2.73 bits per heavy atom. The molecule has 1 aliphatic rings. The summed E-state index contributed by atoms with van der Waals surface area (Å²) in [5.74, 6) is -2.05. The van der Waals surface area contributed by atoms with Crippen molar-refractivity contribution in [1.29, 1.82) is 5.26 Å². The number of ether oxygens (including phenoxy) is 1. The predicted octanol–water partition coefficient (Wildman–Crippen LogP) is 5.69. The molecule has 10 heteroatoms. The minimum Gasteiger partial charge on any atom is -0.494 e. The summed E-state index contributed by atoms with van der Waals surface area (Å²) in [6.07, 6.45) is 2.24. The predicted molar refractivity (Wildman–Crippen MR) is 133 cm³/mol. The van der Waals surface area contributed by atoms with Crippen molar-refractivity contribution in [2.75, 3.05) is 7.11 Å². The topological polar surface area (TPSA) is 117 Å². The van der Waals surface area contributed by atoms with Crippen LogP contribution in [-0.2, 0) is 10.2 Å². The summed E-state index contributed by atoms with van der Waals surface area (Å²) in [6, 6.07) is 8.78. The summed E-state index contributed by atoms with van der Waals surface area (Å²) in [4.78, 5) is 16.4. The third-order valence-electron chi connectivity index (χ3n) is 7.51. The molecule has 1 aliphatic carbocycles. The first-order chi connectivity index (χ1) is 17.6. The average molecular weight is 508 g/mol. The van der Waals surface area contributed by atoms with Gasteiger partial charge in [0.25, 0.3) is 0 Å². The third kappa shape index (κ3) is 3.99. The summed E-state index contributed by atoms with van der Waals surface area (Å²) in [5.41, 5.74) is 1.32. The van der Waals surface area contributed by atoms with Crippen LogP contribution in [0.4, 0.5) is 8.78 Å². The van der Waals surface area contributed by atoms with Crippen LogP contribution in [0.2, 0.25) is 0 Å². The summed E-state index contributed by atoms with van der Waals surface area (Å²) in [7, 11) is 1.40. The van der Waals surface area contributed by atoms with E-state index < -0.39 is 22.9 Å². The minimum absolute atomic E-state index is 0.0728. The number of nitrogens with one attached hydrogen (secondary N) is 1. The van der Waals surface area contributed by atoms with Gasteiger partial charge in [0, 0.05) is 40.2 Å². The Bertz CT molecular complexity index is 1560. The fraction of sp³-hybridized carbons (Fsp3) is 0.407. The number of benzene rings is 1. The number of rotatable bonds is 6. The molecular formula is C27H27F2N5O3. The van der Waals surface area contributed by atoms with Crippen LogP contribution >= 0.6 is 0 Å². The number of nitriles is 1. The van der Waals surface area contributed by atoms with Crippen LogP contribution in [0.1, 0.15) is 63.1 Å². The van der Waals surface area contributed by atoms with Crippen molar-refractivity contribution in [2.45, 2.75) is 63.0 Å². The zero-order valence-electron chi connectivity index (χ0n) is 20.8. The van der Waals surface area contributed by atoms with Gasteiger partial charge in [0.1, 0.15) is 0 Å². The second-order valence-electron chi connectivity index (χ2n) is 10.3. The number of aromatic amines is 1. The van der Waals surface area contributed by atoms with E-state index in [0.717, 1.165) is 22.2 Å². The van der Waals surface area contributed by atoms with E-state index in [-0.39, 0.29) is 30.9 Å². The number of aliphatic carboxylic acids is 1. The molecule has 2 N–H and O–H groups in total. The molecule has 1 aromatic carbocycles. The van der Waals surface area contributed by atoms with E-state index >= 15 is 0 Å². The molecule has 0 aliphatic heterocycles. The first-order valence-electron chi connectivity index (χ1n) is 12.1. The number of alkyl halides is 1. The molecule has 0 amide bonds. The van der Waals surface area contributed by atoms with Crippen molar-refractivity contribution in [3.63, 3.8) is 0 Å². The number of carboxylic acids is 1. The lowest BCUT2D eigenvalue weighted by Crippen LogP contribution is -2.37. The highest BCUT2D eigenvalue weighted by Gasteiger charge is 2.45. The van der Waals surface area contributed by atoms with E-state index in [1.54, 1.807) is 18.3 Å². The molecule has 0 spiro atoms. The van der Waals surface area contributed by atoms with Gasteiger partial charge < -0.3 is 14.4 Å². The fourth-order valence-electron chi connectivity index (χ4n) is 5.56. The molecule has 4 aromatic rings. The van der Waals surface area contributed by atoms with E-state index in [9.17, 15) is 23.9 Å². The van der Waals surface area contributed by atoms with Crippen LogP contribution in [0.5, 0.6) is 5.75 Å². The van der Waals surface area contributed by atoms with Gasteiger partial charge in [0.15, 0.2) is 17.2 Å². The Hall–Kier alpha value is -4.00. The molecule has 0 atom stereocenters. The van der Waals surface area contributed by atoms with Gasteiger partial charge in [0.2, 0.25) is 5.67 Å².